The molecule has 17 heavy (non-hydrogen) atoms. The fraction of sp³-hybridized carbons (Fsp3) is 0.833. The summed E-state index contributed by atoms with van der Waals surface area (Å²) in [7, 11) is 1.63. The fourth-order valence-electron chi connectivity index (χ4n) is 2.09. The number of piperidine rings is 1. The second kappa shape index (κ2) is 6.00. The van der Waals surface area contributed by atoms with Crippen LogP contribution in [0.5, 0.6) is 0 Å². The smallest absolute Gasteiger partial charge is 0.239 e. The lowest BCUT2D eigenvalue weighted by Crippen LogP contribution is -2.51. The van der Waals surface area contributed by atoms with E-state index in [9.17, 15) is 9.59 Å². The molecule has 0 bridgehead atoms. The third kappa shape index (κ3) is 3.43. The minimum absolute atomic E-state index is 0.0145. The number of carbonyl (C=O) groups is 2. The van der Waals surface area contributed by atoms with Crippen molar-refractivity contribution in [1.82, 2.24) is 10.2 Å². The maximum Gasteiger partial charge on any atom is 0.239 e. The molecule has 2 atom stereocenters. The molecule has 1 heterocycles. The van der Waals surface area contributed by atoms with E-state index in [1.165, 1.54) is 0 Å². The molecule has 1 saturated heterocycles. The molecule has 1 fully saturated rings. The van der Waals surface area contributed by atoms with Crippen LogP contribution in [0.25, 0.3) is 0 Å². The van der Waals surface area contributed by atoms with Crippen molar-refractivity contribution in [3.8, 4) is 0 Å². The van der Waals surface area contributed by atoms with Crippen LogP contribution < -0.4 is 11.1 Å². The van der Waals surface area contributed by atoms with Crippen molar-refractivity contribution in [3.05, 3.63) is 0 Å². The summed E-state index contributed by atoms with van der Waals surface area (Å²) >= 11 is 0. The summed E-state index contributed by atoms with van der Waals surface area (Å²) in [4.78, 5) is 25.4. The minimum atomic E-state index is -0.460. The average molecular weight is 241 g/mol. The molecular weight excluding hydrogens is 218 g/mol. The van der Waals surface area contributed by atoms with Crippen molar-refractivity contribution in [2.24, 2.45) is 17.6 Å². The summed E-state index contributed by atoms with van der Waals surface area (Å²) in [5.41, 5.74) is 5.85. The first-order valence-corrected chi connectivity index (χ1v) is 6.23. The maximum absolute atomic E-state index is 12.1. The van der Waals surface area contributed by atoms with Crippen molar-refractivity contribution in [2.45, 2.75) is 32.7 Å². The van der Waals surface area contributed by atoms with Crippen molar-refractivity contribution < 1.29 is 9.59 Å². The predicted octanol–water partition coefficient (Wildman–Crippen LogP) is -0.0457. The van der Waals surface area contributed by atoms with Crippen LogP contribution in [-0.2, 0) is 9.59 Å². The van der Waals surface area contributed by atoms with E-state index >= 15 is 0 Å². The van der Waals surface area contributed by atoms with Crippen LogP contribution in [-0.4, -0.2) is 42.9 Å². The zero-order chi connectivity index (χ0) is 13.0. The van der Waals surface area contributed by atoms with E-state index in [-0.39, 0.29) is 23.7 Å². The van der Waals surface area contributed by atoms with Crippen LogP contribution >= 0.6 is 0 Å². The summed E-state index contributed by atoms with van der Waals surface area (Å²) in [6.07, 6.45) is 1.72. The first kappa shape index (κ1) is 14.0. The molecule has 0 aromatic carbocycles. The highest BCUT2D eigenvalue weighted by Crippen LogP contribution is 2.18. The van der Waals surface area contributed by atoms with Crippen molar-refractivity contribution in [1.29, 1.82) is 0 Å². The Morgan fingerprint density at radius 1 is 1.41 bits per heavy atom. The largest absolute Gasteiger partial charge is 0.359 e. The van der Waals surface area contributed by atoms with Gasteiger partial charge in [-0.05, 0) is 18.8 Å². The van der Waals surface area contributed by atoms with E-state index < -0.39 is 6.04 Å². The lowest BCUT2D eigenvalue weighted by atomic mass is 9.95. The van der Waals surface area contributed by atoms with Gasteiger partial charge in [0.1, 0.15) is 0 Å². The van der Waals surface area contributed by atoms with Gasteiger partial charge in [-0.1, -0.05) is 13.8 Å². The molecule has 0 saturated carbocycles. The van der Waals surface area contributed by atoms with Crippen LogP contribution in [0.2, 0.25) is 0 Å². The van der Waals surface area contributed by atoms with Gasteiger partial charge in [-0.25, -0.2) is 0 Å². The molecule has 1 rings (SSSR count). The number of nitrogens with two attached hydrogens (primary N) is 1. The van der Waals surface area contributed by atoms with Gasteiger partial charge in [0.05, 0.1) is 12.0 Å². The first-order valence-electron chi connectivity index (χ1n) is 6.23. The van der Waals surface area contributed by atoms with Crippen LogP contribution in [0.4, 0.5) is 0 Å². The van der Waals surface area contributed by atoms with Gasteiger partial charge >= 0.3 is 0 Å². The van der Waals surface area contributed by atoms with Gasteiger partial charge in [-0.15, -0.1) is 0 Å². The van der Waals surface area contributed by atoms with Gasteiger partial charge in [0.2, 0.25) is 11.8 Å². The number of hydrogen-bond acceptors (Lipinski definition) is 3. The third-order valence-electron chi connectivity index (χ3n) is 3.35. The first-order chi connectivity index (χ1) is 7.97. The molecular formula is C12H23N3O2. The zero-order valence-corrected chi connectivity index (χ0v) is 10.9. The Bertz CT molecular complexity index is 291. The zero-order valence-electron chi connectivity index (χ0n) is 10.9. The predicted molar refractivity (Wildman–Crippen MR) is 66.2 cm³/mol. The van der Waals surface area contributed by atoms with Crippen LogP contribution in [0.15, 0.2) is 0 Å². The molecule has 0 aliphatic carbocycles. The average Bonchev–Trinajstić information content (AvgIpc) is 2.36. The quantitative estimate of drug-likeness (QED) is 0.727. The summed E-state index contributed by atoms with van der Waals surface area (Å²) < 4.78 is 0. The second-order valence-corrected chi connectivity index (χ2v) is 5.01. The molecule has 0 aromatic rings. The van der Waals surface area contributed by atoms with E-state index in [1.807, 2.05) is 13.8 Å². The van der Waals surface area contributed by atoms with Crippen LogP contribution in [0.3, 0.4) is 0 Å². The lowest BCUT2D eigenvalue weighted by Gasteiger charge is -2.34. The highest BCUT2D eigenvalue weighted by molar-refractivity contribution is 5.84. The van der Waals surface area contributed by atoms with Gasteiger partial charge in [-0.2, -0.15) is 0 Å². The van der Waals surface area contributed by atoms with Gasteiger partial charge in [0.15, 0.2) is 0 Å². The van der Waals surface area contributed by atoms with Gasteiger partial charge in [-0.3, -0.25) is 9.59 Å². The van der Waals surface area contributed by atoms with Gasteiger partial charge in [0.25, 0.3) is 0 Å². The Kier molecular flexibility index (Phi) is 4.93. The Labute approximate surface area is 103 Å². The van der Waals surface area contributed by atoms with Crippen LogP contribution in [0.1, 0.15) is 26.7 Å². The van der Waals surface area contributed by atoms with Gasteiger partial charge in [0, 0.05) is 20.1 Å². The molecule has 0 aromatic heterocycles. The molecule has 5 nitrogen and oxygen atoms in total. The monoisotopic (exact) mass is 241 g/mol. The molecule has 98 valence electrons. The normalized spacial score (nSPS) is 22.4. The second-order valence-electron chi connectivity index (χ2n) is 5.01. The van der Waals surface area contributed by atoms with Crippen molar-refractivity contribution in [3.63, 3.8) is 0 Å². The number of rotatable bonds is 3. The summed E-state index contributed by atoms with van der Waals surface area (Å²) in [5, 5.41) is 2.64. The van der Waals surface area contributed by atoms with E-state index in [2.05, 4.69) is 5.32 Å². The van der Waals surface area contributed by atoms with Gasteiger partial charge < -0.3 is 16.0 Å². The molecule has 2 amide bonds. The SMILES string of the molecule is CNC(=O)C1CCCN(C(=O)[C@@H](N)C(C)C)C1. The lowest BCUT2D eigenvalue weighted by molar-refractivity contribution is -0.137. The van der Waals surface area contributed by atoms with E-state index in [4.69, 9.17) is 5.73 Å². The number of likely N-dealkylation sites (tertiary alicyclic amines) is 1. The Morgan fingerprint density at radius 2 is 2.06 bits per heavy atom. The molecule has 5 heteroatoms. The topological polar surface area (TPSA) is 75.4 Å². The summed E-state index contributed by atoms with van der Waals surface area (Å²) in [5.74, 6) is 0.0224. The molecule has 3 N–H and O–H groups in total. The maximum atomic E-state index is 12.1. The number of hydrogen-bond donors (Lipinski definition) is 2. The van der Waals surface area contributed by atoms with Crippen molar-refractivity contribution >= 4 is 11.8 Å². The fourth-order valence-corrected chi connectivity index (χ4v) is 2.09. The van der Waals surface area contributed by atoms with Crippen molar-refractivity contribution in [2.75, 3.05) is 20.1 Å². The van der Waals surface area contributed by atoms with E-state index in [1.54, 1.807) is 11.9 Å². The highest BCUT2D eigenvalue weighted by atomic mass is 16.2. The molecule has 0 spiro atoms. The number of nitrogens with one attached hydrogen (secondary N) is 1. The number of amides is 2. The summed E-state index contributed by atoms with van der Waals surface area (Å²) in [6.45, 7) is 5.08. The Morgan fingerprint density at radius 3 is 2.59 bits per heavy atom. The minimum Gasteiger partial charge on any atom is -0.359 e. The third-order valence-corrected chi connectivity index (χ3v) is 3.35. The number of carbonyl (C=O) groups excluding carboxylic acids is 2. The van der Waals surface area contributed by atoms with E-state index in [0.717, 1.165) is 12.8 Å². The molecule has 0 radical (unpaired) electrons. The van der Waals surface area contributed by atoms with E-state index in [0.29, 0.717) is 13.1 Å². The molecule has 1 aliphatic rings. The molecule has 1 unspecified atom stereocenters. The Balaban J connectivity index is 2.60. The standard InChI is InChI=1S/C12H23N3O2/c1-8(2)10(13)12(17)15-6-4-5-9(7-15)11(16)14-3/h8-10H,4-7,13H2,1-3H3,(H,14,16)/t9?,10-/m0/s1. The number of nitrogens with zero attached hydrogens (tertiary/aromatic N) is 1. The molecule has 1 aliphatic heterocycles. The summed E-state index contributed by atoms with van der Waals surface area (Å²) in [6, 6.07) is -0.460. The van der Waals surface area contributed by atoms with Crippen LogP contribution in [0, 0.1) is 11.8 Å². The highest BCUT2D eigenvalue weighted by Gasteiger charge is 2.30. The Hall–Kier alpha value is -1.10.